The van der Waals surface area contributed by atoms with Crippen molar-refractivity contribution in [1.29, 1.82) is 5.26 Å². The topological polar surface area (TPSA) is 62.7 Å². The number of nitrogens with zero attached hydrogens (tertiary/aromatic N) is 2. The van der Waals surface area contributed by atoms with Gasteiger partial charge in [0.15, 0.2) is 0 Å². The summed E-state index contributed by atoms with van der Waals surface area (Å²) in [6.45, 7) is 0. The smallest absolute Gasteiger partial charge is 0.0995 e. The van der Waals surface area contributed by atoms with Gasteiger partial charge in [0, 0.05) is 18.1 Å². The van der Waals surface area contributed by atoms with Crippen molar-refractivity contribution in [2.75, 3.05) is 5.73 Å². The van der Waals surface area contributed by atoms with Crippen molar-refractivity contribution in [3.8, 4) is 6.07 Å². The number of anilines is 1. The molecule has 89 valence electrons. The van der Waals surface area contributed by atoms with Gasteiger partial charge in [0.1, 0.15) is 0 Å². The van der Waals surface area contributed by atoms with E-state index < -0.39 is 0 Å². The Hall–Kier alpha value is -2.34. The van der Waals surface area contributed by atoms with E-state index in [1.165, 1.54) is 0 Å². The first-order valence-electron chi connectivity index (χ1n) is 5.79. The molecule has 2 aromatic rings. The van der Waals surface area contributed by atoms with E-state index in [1.54, 1.807) is 18.3 Å². The Kier molecular flexibility index (Phi) is 3.93. The molecular formula is C15H14N3. The zero-order valence-electron chi connectivity index (χ0n) is 10.0. The lowest BCUT2D eigenvalue weighted by atomic mass is 9.99. The van der Waals surface area contributed by atoms with Crippen LogP contribution in [0.2, 0.25) is 0 Å². The maximum absolute atomic E-state index is 9.03. The van der Waals surface area contributed by atoms with Gasteiger partial charge in [-0.05, 0) is 48.6 Å². The molecule has 1 heterocycles. The minimum absolute atomic E-state index is 0.650. The molecule has 0 aliphatic carbocycles. The number of aromatic nitrogens is 1. The van der Waals surface area contributed by atoms with Crippen LogP contribution in [0.25, 0.3) is 0 Å². The van der Waals surface area contributed by atoms with Crippen molar-refractivity contribution < 1.29 is 0 Å². The van der Waals surface area contributed by atoms with Gasteiger partial charge in [-0.1, -0.05) is 12.1 Å². The van der Waals surface area contributed by atoms with Gasteiger partial charge in [-0.15, -0.1) is 0 Å². The van der Waals surface area contributed by atoms with E-state index in [9.17, 15) is 0 Å². The summed E-state index contributed by atoms with van der Waals surface area (Å²) in [6.07, 6.45) is 7.24. The lowest BCUT2D eigenvalue weighted by Crippen LogP contribution is -2.00. The molecule has 0 atom stereocenters. The van der Waals surface area contributed by atoms with Gasteiger partial charge < -0.3 is 5.73 Å². The summed E-state index contributed by atoms with van der Waals surface area (Å²) in [4.78, 5) is 4.06. The van der Waals surface area contributed by atoms with Gasteiger partial charge in [0.2, 0.25) is 0 Å². The normalized spacial score (nSPS) is 9.94. The van der Waals surface area contributed by atoms with E-state index >= 15 is 0 Å². The van der Waals surface area contributed by atoms with E-state index in [-0.39, 0.29) is 0 Å². The summed E-state index contributed by atoms with van der Waals surface area (Å²) in [7, 11) is 0. The van der Waals surface area contributed by atoms with E-state index in [1.807, 2.05) is 24.4 Å². The third-order valence-electron chi connectivity index (χ3n) is 2.78. The second-order valence-electron chi connectivity index (χ2n) is 4.04. The molecule has 1 aromatic carbocycles. The maximum Gasteiger partial charge on any atom is 0.0995 e. The quantitative estimate of drug-likeness (QED) is 0.830. The van der Waals surface area contributed by atoms with Crippen LogP contribution in [0.3, 0.4) is 0 Å². The van der Waals surface area contributed by atoms with Crippen molar-refractivity contribution >= 4 is 5.69 Å². The predicted octanol–water partition coefficient (Wildman–Crippen LogP) is 2.52. The van der Waals surface area contributed by atoms with Crippen LogP contribution >= 0.6 is 0 Å². The lowest BCUT2D eigenvalue weighted by molar-refractivity contribution is 1.02. The Morgan fingerprint density at radius 2 is 2.11 bits per heavy atom. The van der Waals surface area contributed by atoms with E-state index in [0.29, 0.717) is 17.7 Å². The molecule has 0 amide bonds. The minimum Gasteiger partial charge on any atom is -0.398 e. The second-order valence-corrected chi connectivity index (χ2v) is 4.04. The van der Waals surface area contributed by atoms with Gasteiger partial charge >= 0.3 is 0 Å². The number of benzene rings is 1. The van der Waals surface area contributed by atoms with Gasteiger partial charge in [0.05, 0.1) is 11.6 Å². The molecule has 3 heteroatoms. The molecule has 2 N–H and O–H groups in total. The molecule has 0 saturated heterocycles. The molecule has 2 rings (SSSR count). The van der Waals surface area contributed by atoms with Crippen LogP contribution in [0.5, 0.6) is 0 Å². The van der Waals surface area contributed by atoms with Gasteiger partial charge in [-0.25, -0.2) is 0 Å². The zero-order valence-corrected chi connectivity index (χ0v) is 10.0. The van der Waals surface area contributed by atoms with Gasteiger partial charge in [-0.3, -0.25) is 4.98 Å². The van der Waals surface area contributed by atoms with E-state index in [0.717, 1.165) is 17.5 Å². The molecule has 0 unspecified atom stereocenters. The standard InChI is InChI=1S/C15H14N3/c16-10-13-6-2-8-15(17)14(13)7-1-4-12-5-3-9-18-11-12/h1-3,5-6,8-9,11H,4,7,17H2. The fourth-order valence-corrected chi connectivity index (χ4v) is 1.84. The minimum atomic E-state index is 0.650. The zero-order chi connectivity index (χ0) is 12.8. The largest absolute Gasteiger partial charge is 0.398 e. The number of nitrogens with two attached hydrogens (primary N) is 1. The summed E-state index contributed by atoms with van der Waals surface area (Å²) >= 11 is 0. The summed E-state index contributed by atoms with van der Waals surface area (Å²) in [6, 6.07) is 11.5. The molecule has 3 nitrogen and oxygen atoms in total. The Morgan fingerprint density at radius 3 is 2.83 bits per heavy atom. The van der Waals surface area contributed by atoms with Crippen LogP contribution in [-0.2, 0) is 12.8 Å². The van der Waals surface area contributed by atoms with Gasteiger partial charge in [0.25, 0.3) is 0 Å². The number of pyridine rings is 1. The highest BCUT2D eigenvalue weighted by Crippen LogP contribution is 2.18. The van der Waals surface area contributed by atoms with Crippen LogP contribution in [-0.4, -0.2) is 4.98 Å². The maximum atomic E-state index is 9.03. The molecule has 1 radical (unpaired) electrons. The highest BCUT2D eigenvalue weighted by Gasteiger charge is 2.05. The van der Waals surface area contributed by atoms with Crippen molar-refractivity contribution in [3.63, 3.8) is 0 Å². The molecule has 0 spiro atoms. The third-order valence-corrected chi connectivity index (χ3v) is 2.78. The van der Waals surface area contributed by atoms with Crippen LogP contribution in [0.4, 0.5) is 5.69 Å². The number of hydrogen-bond acceptors (Lipinski definition) is 3. The molecule has 0 aliphatic heterocycles. The fourth-order valence-electron chi connectivity index (χ4n) is 1.84. The van der Waals surface area contributed by atoms with Crippen LogP contribution in [0, 0.1) is 17.8 Å². The predicted molar refractivity (Wildman–Crippen MR) is 71.5 cm³/mol. The molecular weight excluding hydrogens is 222 g/mol. The first-order chi connectivity index (χ1) is 8.81. The molecule has 0 bridgehead atoms. The summed E-state index contributed by atoms with van der Waals surface area (Å²) in [5.74, 6) is 0. The SMILES string of the molecule is N#Cc1cccc(N)c1C[CH]Cc1cccnc1. The number of rotatable bonds is 4. The molecule has 18 heavy (non-hydrogen) atoms. The third kappa shape index (κ3) is 2.86. The van der Waals surface area contributed by atoms with E-state index in [4.69, 9.17) is 11.0 Å². The summed E-state index contributed by atoms with van der Waals surface area (Å²) in [5.41, 5.74) is 9.28. The highest BCUT2D eigenvalue weighted by molar-refractivity contribution is 5.55. The van der Waals surface area contributed by atoms with Crippen molar-refractivity contribution in [2.24, 2.45) is 0 Å². The monoisotopic (exact) mass is 236 g/mol. The molecule has 0 aliphatic rings. The lowest BCUT2D eigenvalue weighted by Gasteiger charge is -2.07. The average molecular weight is 236 g/mol. The Labute approximate surface area is 107 Å². The summed E-state index contributed by atoms with van der Waals surface area (Å²) in [5, 5.41) is 9.03. The Morgan fingerprint density at radius 1 is 1.22 bits per heavy atom. The van der Waals surface area contributed by atoms with E-state index in [2.05, 4.69) is 17.5 Å². The average Bonchev–Trinajstić information content (AvgIpc) is 2.41. The second kappa shape index (κ2) is 5.83. The van der Waals surface area contributed by atoms with Crippen molar-refractivity contribution in [1.82, 2.24) is 4.98 Å². The number of hydrogen-bond donors (Lipinski definition) is 1. The first kappa shape index (κ1) is 12.1. The number of nitrogen functional groups attached to an aromatic ring is 1. The number of nitriles is 1. The van der Waals surface area contributed by atoms with Crippen LogP contribution in [0.15, 0.2) is 42.7 Å². The highest BCUT2D eigenvalue weighted by atomic mass is 14.6. The summed E-state index contributed by atoms with van der Waals surface area (Å²) < 4.78 is 0. The van der Waals surface area contributed by atoms with Gasteiger partial charge in [-0.2, -0.15) is 5.26 Å². The van der Waals surface area contributed by atoms with Crippen LogP contribution in [0.1, 0.15) is 16.7 Å². The van der Waals surface area contributed by atoms with Crippen molar-refractivity contribution in [2.45, 2.75) is 12.8 Å². The Bertz CT molecular complexity index is 556. The fraction of sp³-hybridized carbons (Fsp3) is 0.133. The molecule has 1 aromatic heterocycles. The Balaban J connectivity index is 2.01. The molecule has 0 saturated carbocycles. The molecule has 0 fully saturated rings. The van der Waals surface area contributed by atoms with Crippen LogP contribution < -0.4 is 5.73 Å². The van der Waals surface area contributed by atoms with Crippen molar-refractivity contribution in [3.05, 3.63) is 65.8 Å². The first-order valence-corrected chi connectivity index (χ1v) is 5.79.